The lowest BCUT2D eigenvalue weighted by atomic mass is 9.98. The largest absolute Gasteiger partial charge is 0.369 e. The first-order valence-electron chi connectivity index (χ1n) is 9.58. The Morgan fingerprint density at radius 3 is 2.41 bits per heavy atom. The summed E-state index contributed by atoms with van der Waals surface area (Å²) in [5, 5.41) is 2.96. The standard InChI is InChI=1S/C19H30N4O3S/c1-21-10-12-22(13-11-21)18-7-5-16(6-8-18)14-20-19(24)17-4-3-9-23(15-17)27(2,25)26/h5-8,17H,3-4,9-15H2,1-2H3,(H,20,24)/t17-/m0/s1. The van der Waals surface area contributed by atoms with Crippen LogP contribution < -0.4 is 10.2 Å². The zero-order valence-electron chi connectivity index (χ0n) is 16.2. The Hall–Kier alpha value is -1.64. The van der Waals surface area contributed by atoms with Crippen LogP contribution in [0.2, 0.25) is 0 Å². The van der Waals surface area contributed by atoms with Gasteiger partial charge in [-0.05, 0) is 37.6 Å². The molecule has 7 nitrogen and oxygen atoms in total. The van der Waals surface area contributed by atoms with E-state index in [9.17, 15) is 13.2 Å². The minimum atomic E-state index is -3.23. The monoisotopic (exact) mass is 394 g/mol. The first-order chi connectivity index (χ1) is 12.8. The lowest BCUT2D eigenvalue weighted by Crippen LogP contribution is -2.45. The van der Waals surface area contributed by atoms with Crippen molar-refractivity contribution in [2.45, 2.75) is 19.4 Å². The van der Waals surface area contributed by atoms with Gasteiger partial charge >= 0.3 is 0 Å². The molecule has 0 aliphatic carbocycles. The molecule has 2 aliphatic heterocycles. The molecule has 0 saturated carbocycles. The molecule has 1 aromatic carbocycles. The predicted molar refractivity (Wildman–Crippen MR) is 107 cm³/mol. The van der Waals surface area contributed by atoms with Crippen molar-refractivity contribution in [3.05, 3.63) is 29.8 Å². The maximum Gasteiger partial charge on any atom is 0.224 e. The van der Waals surface area contributed by atoms with E-state index in [0.717, 1.165) is 44.6 Å². The lowest BCUT2D eigenvalue weighted by Gasteiger charge is -2.34. The van der Waals surface area contributed by atoms with Crippen LogP contribution in [0.25, 0.3) is 0 Å². The number of nitrogens with one attached hydrogen (secondary N) is 1. The van der Waals surface area contributed by atoms with E-state index < -0.39 is 10.0 Å². The average Bonchev–Trinajstić information content (AvgIpc) is 2.66. The van der Waals surface area contributed by atoms with Crippen molar-refractivity contribution in [3.63, 3.8) is 0 Å². The van der Waals surface area contributed by atoms with E-state index in [2.05, 4.69) is 46.4 Å². The molecule has 0 spiro atoms. The Bertz CT molecular complexity index is 743. The van der Waals surface area contributed by atoms with Crippen LogP contribution in [0.1, 0.15) is 18.4 Å². The molecule has 3 rings (SSSR count). The summed E-state index contributed by atoms with van der Waals surface area (Å²) in [7, 11) is -1.09. The second-order valence-corrected chi connectivity index (χ2v) is 9.62. The molecule has 2 aliphatic rings. The summed E-state index contributed by atoms with van der Waals surface area (Å²) in [6.45, 7) is 5.48. The number of piperazine rings is 1. The molecule has 1 aromatic rings. The van der Waals surface area contributed by atoms with E-state index in [-0.39, 0.29) is 18.4 Å². The molecule has 2 fully saturated rings. The molecule has 0 unspecified atom stereocenters. The van der Waals surface area contributed by atoms with Crippen molar-refractivity contribution in [1.29, 1.82) is 0 Å². The average molecular weight is 395 g/mol. The van der Waals surface area contributed by atoms with E-state index in [0.29, 0.717) is 13.1 Å². The van der Waals surface area contributed by atoms with Gasteiger partial charge in [-0.25, -0.2) is 12.7 Å². The van der Waals surface area contributed by atoms with Crippen LogP contribution in [0.4, 0.5) is 5.69 Å². The van der Waals surface area contributed by atoms with Gasteiger partial charge in [0.05, 0.1) is 12.2 Å². The topological polar surface area (TPSA) is 73.0 Å². The predicted octanol–water partition coefficient (Wildman–Crippen LogP) is 0.726. The highest BCUT2D eigenvalue weighted by molar-refractivity contribution is 7.88. The van der Waals surface area contributed by atoms with Crippen LogP contribution in [-0.4, -0.2) is 76.1 Å². The van der Waals surface area contributed by atoms with E-state index in [1.807, 2.05) is 0 Å². The van der Waals surface area contributed by atoms with Crippen molar-refractivity contribution in [1.82, 2.24) is 14.5 Å². The third-order valence-corrected chi connectivity index (χ3v) is 6.77. The van der Waals surface area contributed by atoms with E-state index >= 15 is 0 Å². The fraction of sp³-hybridized carbons (Fsp3) is 0.632. The number of nitrogens with zero attached hydrogens (tertiary/aromatic N) is 3. The second kappa shape index (κ2) is 8.58. The first kappa shape index (κ1) is 20.1. The number of benzene rings is 1. The number of hydrogen-bond donors (Lipinski definition) is 1. The minimum Gasteiger partial charge on any atom is -0.369 e. The molecule has 0 aromatic heterocycles. The van der Waals surface area contributed by atoms with E-state index in [4.69, 9.17) is 0 Å². The van der Waals surface area contributed by atoms with Gasteiger partial charge in [-0.2, -0.15) is 0 Å². The summed E-state index contributed by atoms with van der Waals surface area (Å²) >= 11 is 0. The number of carbonyl (C=O) groups is 1. The third-order valence-electron chi connectivity index (χ3n) is 5.50. The summed E-state index contributed by atoms with van der Waals surface area (Å²) in [5.74, 6) is -0.329. The van der Waals surface area contributed by atoms with Gasteiger partial charge in [-0.1, -0.05) is 12.1 Å². The van der Waals surface area contributed by atoms with Crippen LogP contribution in [-0.2, 0) is 21.4 Å². The lowest BCUT2D eigenvalue weighted by molar-refractivity contribution is -0.126. The minimum absolute atomic E-state index is 0.0634. The number of likely N-dealkylation sites (N-methyl/N-ethyl adjacent to an activating group) is 1. The molecular weight excluding hydrogens is 364 g/mol. The van der Waals surface area contributed by atoms with Gasteiger partial charge in [0.1, 0.15) is 0 Å². The van der Waals surface area contributed by atoms with E-state index in [1.165, 1.54) is 16.2 Å². The molecule has 27 heavy (non-hydrogen) atoms. The Morgan fingerprint density at radius 2 is 1.78 bits per heavy atom. The highest BCUT2D eigenvalue weighted by Crippen LogP contribution is 2.20. The number of hydrogen-bond acceptors (Lipinski definition) is 5. The smallest absolute Gasteiger partial charge is 0.224 e. The van der Waals surface area contributed by atoms with Gasteiger partial charge in [-0.3, -0.25) is 4.79 Å². The number of rotatable bonds is 5. The molecule has 1 atom stereocenters. The van der Waals surface area contributed by atoms with Crippen molar-refractivity contribution in [2.75, 3.05) is 57.5 Å². The van der Waals surface area contributed by atoms with Gasteiger partial charge in [0.25, 0.3) is 0 Å². The summed E-state index contributed by atoms with van der Waals surface area (Å²) in [5.41, 5.74) is 2.27. The number of piperidine rings is 1. The highest BCUT2D eigenvalue weighted by Gasteiger charge is 2.29. The zero-order chi connectivity index (χ0) is 19.4. The van der Waals surface area contributed by atoms with Gasteiger partial charge in [0.15, 0.2) is 0 Å². The van der Waals surface area contributed by atoms with Gasteiger partial charge in [0.2, 0.25) is 15.9 Å². The molecular formula is C19H30N4O3S. The normalized spacial score (nSPS) is 22.6. The van der Waals surface area contributed by atoms with E-state index in [1.54, 1.807) is 0 Å². The summed E-state index contributed by atoms with van der Waals surface area (Å²) in [6.07, 6.45) is 2.67. The Kier molecular flexibility index (Phi) is 6.39. The molecule has 2 saturated heterocycles. The maximum atomic E-state index is 12.4. The molecule has 8 heteroatoms. The Morgan fingerprint density at radius 1 is 1.11 bits per heavy atom. The van der Waals surface area contributed by atoms with Crippen LogP contribution in [0, 0.1) is 5.92 Å². The van der Waals surface area contributed by atoms with Crippen LogP contribution >= 0.6 is 0 Å². The van der Waals surface area contributed by atoms with Crippen molar-refractivity contribution >= 4 is 21.6 Å². The quantitative estimate of drug-likeness (QED) is 0.797. The van der Waals surface area contributed by atoms with Crippen molar-refractivity contribution < 1.29 is 13.2 Å². The summed E-state index contributed by atoms with van der Waals surface area (Å²) in [4.78, 5) is 17.2. The Balaban J connectivity index is 1.50. The first-order valence-corrected chi connectivity index (χ1v) is 11.4. The van der Waals surface area contributed by atoms with Crippen LogP contribution in [0.5, 0.6) is 0 Å². The molecule has 1 N–H and O–H groups in total. The molecule has 150 valence electrons. The van der Waals surface area contributed by atoms with Crippen molar-refractivity contribution in [3.8, 4) is 0 Å². The van der Waals surface area contributed by atoms with Crippen molar-refractivity contribution in [2.24, 2.45) is 5.92 Å². The molecule has 0 bridgehead atoms. The maximum absolute atomic E-state index is 12.4. The number of amides is 1. The second-order valence-electron chi connectivity index (χ2n) is 7.63. The number of sulfonamides is 1. The van der Waals surface area contributed by atoms with Gasteiger partial charge in [0, 0.05) is 51.5 Å². The fourth-order valence-corrected chi connectivity index (χ4v) is 4.59. The van der Waals surface area contributed by atoms with Gasteiger partial charge < -0.3 is 15.1 Å². The highest BCUT2D eigenvalue weighted by atomic mass is 32.2. The third kappa shape index (κ3) is 5.43. The SMILES string of the molecule is CN1CCN(c2ccc(CNC(=O)[C@H]3CCCN(S(C)(=O)=O)C3)cc2)CC1. The Labute approximate surface area is 162 Å². The van der Waals surface area contributed by atoms with Crippen LogP contribution in [0.3, 0.4) is 0 Å². The number of anilines is 1. The zero-order valence-corrected chi connectivity index (χ0v) is 17.0. The number of carbonyl (C=O) groups excluding carboxylic acids is 1. The summed E-state index contributed by atoms with van der Waals surface area (Å²) < 4.78 is 24.8. The molecule has 2 heterocycles. The molecule has 0 radical (unpaired) electrons. The van der Waals surface area contributed by atoms with Crippen LogP contribution in [0.15, 0.2) is 24.3 Å². The molecule has 1 amide bonds. The van der Waals surface area contributed by atoms with Gasteiger partial charge in [-0.15, -0.1) is 0 Å². The fourth-order valence-electron chi connectivity index (χ4n) is 3.68. The summed E-state index contributed by atoms with van der Waals surface area (Å²) in [6, 6.07) is 8.33.